The first-order valence-corrected chi connectivity index (χ1v) is 11.9. The summed E-state index contributed by atoms with van der Waals surface area (Å²) in [6, 6.07) is 5.15. The molecule has 0 saturated heterocycles. The lowest BCUT2D eigenvalue weighted by atomic mass is 9.87. The normalized spacial score (nSPS) is 15.2. The van der Waals surface area contributed by atoms with Gasteiger partial charge in [-0.2, -0.15) is 0 Å². The van der Waals surface area contributed by atoms with Crippen LogP contribution in [0.5, 0.6) is 5.75 Å². The van der Waals surface area contributed by atoms with E-state index in [9.17, 15) is 9.90 Å². The van der Waals surface area contributed by atoms with Gasteiger partial charge in [0.2, 0.25) is 0 Å². The van der Waals surface area contributed by atoms with E-state index in [0.717, 1.165) is 46.3 Å². The van der Waals surface area contributed by atoms with Gasteiger partial charge in [-0.1, -0.05) is 11.6 Å². The smallest absolute Gasteiger partial charge is 0.163 e. The number of nitrogens with zero attached hydrogens (tertiary/aromatic N) is 1. The maximum atomic E-state index is 12.8. The molecule has 1 aliphatic carbocycles. The summed E-state index contributed by atoms with van der Waals surface area (Å²) in [5.74, 6) is 0.00689. The number of carbonyl (C=O) groups is 1. The Labute approximate surface area is 192 Å². The molecule has 1 N–H and O–H groups in total. The number of thiophene rings is 1. The number of Topliss-reactive ketones (excluding diaryl/α,β-unsaturated/α-hetero) is 1. The number of pyridine rings is 1. The second-order valence-electron chi connectivity index (χ2n) is 9.26. The minimum Gasteiger partial charge on any atom is -0.507 e. The highest BCUT2D eigenvalue weighted by molar-refractivity contribution is 7.19. The number of ether oxygens (including phenoxy) is 1. The van der Waals surface area contributed by atoms with Crippen molar-refractivity contribution in [2.45, 2.75) is 72.0 Å². The number of ketones is 1. The van der Waals surface area contributed by atoms with Crippen LogP contribution in [0.1, 0.15) is 68.3 Å². The van der Waals surface area contributed by atoms with Crippen LogP contribution in [0.25, 0.3) is 21.3 Å². The average molecular weight is 458 g/mol. The summed E-state index contributed by atoms with van der Waals surface area (Å²) in [7, 11) is 0. The Hall–Kier alpha value is -1.95. The van der Waals surface area contributed by atoms with Gasteiger partial charge in [0, 0.05) is 37.7 Å². The van der Waals surface area contributed by atoms with E-state index in [0.29, 0.717) is 10.6 Å². The molecule has 4 nitrogen and oxygen atoms in total. The summed E-state index contributed by atoms with van der Waals surface area (Å²) >= 11 is 7.87. The minimum atomic E-state index is -0.777. The van der Waals surface area contributed by atoms with Gasteiger partial charge in [0.05, 0.1) is 5.60 Å². The molecule has 0 fully saturated rings. The number of rotatable bonds is 4. The van der Waals surface area contributed by atoms with Crippen molar-refractivity contribution in [3.63, 3.8) is 0 Å². The Morgan fingerprint density at radius 1 is 1.26 bits per heavy atom. The van der Waals surface area contributed by atoms with Crippen LogP contribution in [0.15, 0.2) is 18.2 Å². The molecular weight excluding hydrogens is 430 g/mol. The van der Waals surface area contributed by atoms with Crippen molar-refractivity contribution in [1.29, 1.82) is 0 Å². The van der Waals surface area contributed by atoms with Gasteiger partial charge in [-0.25, -0.2) is 4.98 Å². The zero-order chi connectivity index (χ0) is 22.5. The summed E-state index contributed by atoms with van der Waals surface area (Å²) in [5, 5.41) is 12.4. The van der Waals surface area contributed by atoms with Gasteiger partial charge in [-0.15, -0.1) is 11.3 Å². The molecule has 164 valence electrons. The third-order valence-electron chi connectivity index (χ3n) is 5.66. The van der Waals surface area contributed by atoms with E-state index in [1.165, 1.54) is 16.9 Å². The Morgan fingerprint density at radius 2 is 1.97 bits per heavy atom. The fourth-order valence-corrected chi connectivity index (χ4v) is 5.92. The van der Waals surface area contributed by atoms with E-state index in [-0.39, 0.29) is 11.5 Å². The molecule has 31 heavy (non-hydrogen) atoms. The number of hydrogen-bond donors (Lipinski definition) is 1. The van der Waals surface area contributed by atoms with Crippen LogP contribution < -0.4 is 0 Å². The molecule has 0 bridgehead atoms. The Kier molecular flexibility index (Phi) is 5.88. The zero-order valence-corrected chi connectivity index (χ0v) is 20.2. The maximum absolute atomic E-state index is 12.8. The molecule has 0 radical (unpaired) electrons. The van der Waals surface area contributed by atoms with Crippen LogP contribution >= 0.6 is 22.9 Å². The van der Waals surface area contributed by atoms with Crippen molar-refractivity contribution in [2.75, 3.05) is 0 Å². The number of aromatic hydroxyl groups is 1. The number of halogens is 1. The first kappa shape index (κ1) is 22.3. The first-order chi connectivity index (χ1) is 14.6. The number of phenols is 1. The molecule has 1 atom stereocenters. The predicted molar refractivity (Wildman–Crippen MR) is 127 cm³/mol. The van der Waals surface area contributed by atoms with E-state index < -0.39 is 11.7 Å². The molecule has 1 aromatic carbocycles. The monoisotopic (exact) mass is 457 g/mol. The lowest BCUT2D eigenvalue weighted by Gasteiger charge is -2.29. The molecular formula is C25H28ClNO3S. The van der Waals surface area contributed by atoms with Gasteiger partial charge >= 0.3 is 0 Å². The van der Waals surface area contributed by atoms with Crippen molar-refractivity contribution in [1.82, 2.24) is 4.98 Å². The van der Waals surface area contributed by atoms with Crippen molar-refractivity contribution >= 4 is 38.9 Å². The van der Waals surface area contributed by atoms with Crippen LogP contribution in [-0.2, 0) is 22.4 Å². The fourth-order valence-electron chi connectivity index (χ4n) is 4.43. The molecule has 0 spiro atoms. The largest absolute Gasteiger partial charge is 0.507 e. The van der Waals surface area contributed by atoms with Crippen LogP contribution in [0.4, 0.5) is 0 Å². The van der Waals surface area contributed by atoms with Crippen molar-refractivity contribution < 1.29 is 14.6 Å². The minimum absolute atomic E-state index is 0.0852. The molecule has 1 aliphatic rings. The number of carbonyl (C=O) groups excluding carboxylic acids is 1. The van der Waals surface area contributed by atoms with Gasteiger partial charge < -0.3 is 9.84 Å². The topological polar surface area (TPSA) is 59.4 Å². The highest BCUT2D eigenvalue weighted by Gasteiger charge is 2.33. The number of fused-ring (bicyclic) bond motifs is 3. The maximum Gasteiger partial charge on any atom is 0.163 e. The lowest BCUT2D eigenvalue weighted by molar-refractivity contribution is -0.138. The standard InChI is InChI=1S/C25H28ClNO3S/c1-13-20(23(14(2)28)30-25(3,4)5)21(16-11-10-15(26)12-18(16)29)22-17-8-6-7-9-19(17)31-24(22)27-13/h10-12,23,29H,6-9H2,1-5H3/t23-/m1/s1. The molecule has 4 rings (SSSR count). The quantitative estimate of drug-likeness (QED) is 0.460. The second-order valence-corrected chi connectivity index (χ2v) is 10.8. The first-order valence-electron chi connectivity index (χ1n) is 10.7. The van der Waals surface area contributed by atoms with Gasteiger partial charge in [-0.05, 0) is 84.1 Å². The SMILES string of the molecule is CC(=O)[C@@H](OC(C)(C)C)c1c(C)nc2sc3c(c2c1-c1ccc(Cl)cc1O)CCCC3. The number of aromatic nitrogens is 1. The third-order valence-corrected chi connectivity index (χ3v) is 7.08. The van der Waals surface area contributed by atoms with E-state index in [4.69, 9.17) is 21.3 Å². The summed E-state index contributed by atoms with van der Waals surface area (Å²) in [5.41, 5.74) is 3.76. The summed E-state index contributed by atoms with van der Waals surface area (Å²) in [4.78, 5) is 20.1. The van der Waals surface area contributed by atoms with Crippen molar-refractivity contribution in [2.24, 2.45) is 0 Å². The van der Waals surface area contributed by atoms with Gasteiger partial charge in [-0.3, -0.25) is 4.79 Å². The Bertz CT molecular complexity index is 1180. The molecule has 0 aliphatic heterocycles. The number of benzene rings is 1. The van der Waals surface area contributed by atoms with E-state index in [1.807, 2.05) is 33.8 Å². The van der Waals surface area contributed by atoms with Crippen LogP contribution in [-0.4, -0.2) is 21.5 Å². The van der Waals surface area contributed by atoms with Crippen LogP contribution in [0, 0.1) is 6.92 Å². The zero-order valence-electron chi connectivity index (χ0n) is 18.6. The number of phenolic OH excluding ortho intramolecular Hbond substituents is 1. The van der Waals surface area contributed by atoms with Gasteiger partial charge in [0.25, 0.3) is 0 Å². The summed E-state index contributed by atoms with van der Waals surface area (Å²) in [6.45, 7) is 9.29. The summed E-state index contributed by atoms with van der Waals surface area (Å²) in [6.07, 6.45) is 3.55. The van der Waals surface area contributed by atoms with E-state index in [1.54, 1.807) is 30.4 Å². The average Bonchev–Trinajstić information content (AvgIpc) is 3.02. The predicted octanol–water partition coefficient (Wildman–Crippen LogP) is 6.95. The molecule has 2 heterocycles. The highest BCUT2D eigenvalue weighted by Crippen LogP contribution is 2.48. The fraction of sp³-hybridized carbons (Fsp3) is 0.440. The second kappa shape index (κ2) is 8.19. The van der Waals surface area contributed by atoms with Gasteiger partial charge in [0.15, 0.2) is 5.78 Å². The van der Waals surface area contributed by atoms with E-state index >= 15 is 0 Å². The molecule has 0 saturated carbocycles. The molecule has 6 heteroatoms. The Morgan fingerprint density at radius 3 is 2.61 bits per heavy atom. The van der Waals surface area contributed by atoms with Crippen molar-refractivity contribution in [3.05, 3.63) is 44.9 Å². The highest BCUT2D eigenvalue weighted by atomic mass is 35.5. The Balaban J connectivity index is 2.12. The van der Waals surface area contributed by atoms with E-state index in [2.05, 4.69) is 0 Å². The third kappa shape index (κ3) is 4.23. The molecule has 0 amide bonds. The summed E-state index contributed by atoms with van der Waals surface area (Å²) < 4.78 is 6.27. The number of hydrogen-bond acceptors (Lipinski definition) is 5. The van der Waals surface area contributed by atoms with Gasteiger partial charge in [0.1, 0.15) is 16.7 Å². The lowest BCUT2D eigenvalue weighted by Crippen LogP contribution is -2.27. The number of aryl methyl sites for hydroxylation is 3. The van der Waals surface area contributed by atoms with Crippen LogP contribution in [0.3, 0.4) is 0 Å². The van der Waals surface area contributed by atoms with Crippen molar-refractivity contribution in [3.8, 4) is 16.9 Å². The molecule has 2 aromatic heterocycles. The molecule has 3 aromatic rings. The molecule has 0 unspecified atom stereocenters. The van der Waals surface area contributed by atoms with Crippen LogP contribution in [0.2, 0.25) is 5.02 Å².